The molecule has 2 amide bonds. The molecular formula is C22H36N2O6. The van der Waals surface area contributed by atoms with Gasteiger partial charge in [-0.3, -0.25) is 14.4 Å². The van der Waals surface area contributed by atoms with Gasteiger partial charge in [0.2, 0.25) is 11.8 Å². The molecular weight excluding hydrogens is 388 g/mol. The van der Waals surface area contributed by atoms with Crippen LogP contribution in [0, 0.1) is 17.8 Å². The maximum Gasteiger partial charge on any atom is 0.312 e. The van der Waals surface area contributed by atoms with Gasteiger partial charge < -0.3 is 24.8 Å². The minimum Gasteiger partial charge on any atom is -0.466 e. The Labute approximate surface area is 178 Å². The Balaban J connectivity index is 2.01. The van der Waals surface area contributed by atoms with Crippen LogP contribution in [-0.4, -0.2) is 71.3 Å². The molecule has 2 N–H and O–H groups in total. The molecule has 0 radical (unpaired) electrons. The number of hydrogen-bond donors (Lipinski definition) is 2. The van der Waals surface area contributed by atoms with E-state index in [0.717, 1.165) is 19.3 Å². The molecule has 8 heteroatoms. The van der Waals surface area contributed by atoms with Gasteiger partial charge in [-0.25, -0.2) is 0 Å². The molecule has 0 aromatic carbocycles. The van der Waals surface area contributed by atoms with Gasteiger partial charge in [-0.15, -0.1) is 0 Å². The summed E-state index contributed by atoms with van der Waals surface area (Å²) in [5, 5.41) is 13.1. The van der Waals surface area contributed by atoms with Crippen molar-refractivity contribution < 1.29 is 29.0 Å². The van der Waals surface area contributed by atoms with Crippen LogP contribution in [0.3, 0.4) is 0 Å². The predicted molar refractivity (Wildman–Crippen MR) is 109 cm³/mol. The highest BCUT2D eigenvalue weighted by Crippen LogP contribution is 2.59. The molecule has 8 nitrogen and oxygen atoms in total. The Morgan fingerprint density at radius 2 is 2.10 bits per heavy atom. The van der Waals surface area contributed by atoms with E-state index in [1.807, 2.05) is 20.8 Å². The van der Waals surface area contributed by atoms with Crippen LogP contribution in [0.2, 0.25) is 0 Å². The number of hydrogen-bond acceptors (Lipinski definition) is 6. The minimum atomic E-state index is -1.03. The van der Waals surface area contributed by atoms with Gasteiger partial charge in [-0.2, -0.15) is 0 Å². The van der Waals surface area contributed by atoms with Gasteiger partial charge in [0.15, 0.2) is 0 Å². The highest BCUT2D eigenvalue weighted by atomic mass is 16.6. The number of carbonyl (C=O) groups excluding carboxylic acids is 3. The van der Waals surface area contributed by atoms with Crippen molar-refractivity contribution >= 4 is 17.8 Å². The lowest BCUT2D eigenvalue weighted by molar-refractivity contribution is -0.155. The van der Waals surface area contributed by atoms with E-state index in [1.54, 1.807) is 6.92 Å². The number of likely N-dealkylation sites (tertiary alicyclic amines) is 1. The number of unbranched alkanes of at least 4 members (excludes halogenated alkanes) is 1. The van der Waals surface area contributed by atoms with Crippen molar-refractivity contribution in [1.82, 2.24) is 10.2 Å². The second-order valence-corrected chi connectivity index (χ2v) is 8.83. The zero-order valence-corrected chi connectivity index (χ0v) is 18.6. The van der Waals surface area contributed by atoms with E-state index in [2.05, 4.69) is 5.32 Å². The summed E-state index contributed by atoms with van der Waals surface area (Å²) in [7, 11) is 0. The van der Waals surface area contributed by atoms with Crippen molar-refractivity contribution in [1.29, 1.82) is 0 Å². The zero-order chi connectivity index (χ0) is 22.1. The number of ether oxygens (including phenoxy) is 2. The van der Waals surface area contributed by atoms with Crippen LogP contribution in [0.25, 0.3) is 0 Å². The predicted octanol–water partition coefficient (Wildman–Crippen LogP) is 1.25. The van der Waals surface area contributed by atoms with Gasteiger partial charge in [0.25, 0.3) is 0 Å². The third-order valence-electron chi connectivity index (χ3n) is 7.22. The van der Waals surface area contributed by atoms with Gasteiger partial charge >= 0.3 is 5.97 Å². The molecule has 7 atom stereocenters. The van der Waals surface area contributed by atoms with Crippen LogP contribution < -0.4 is 5.32 Å². The van der Waals surface area contributed by atoms with Crippen molar-refractivity contribution in [3.05, 3.63) is 0 Å². The first-order valence-corrected chi connectivity index (χ1v) is 11.4. The van der Waals surface area contributed by atoms with E-state index in [4.69, 9.17) is 9.47 Å². The van der Waals surface area contributed by atoms with Crippen LogP contribution in [0.15, 0.2) is 0 Å². The highest BCUT2D eigenvalue weighted by Gasteiger charge is 2.75. The van der Waals surface area contributed by atoms with Crippen LogP contribution in [0.1, 0.15) is 59.8 Å². The average Bonchev–Trinajstić information content (AvgIpc) is 3.36. The van der Waals surface area contributed by atoms with Gasteiger partial charge in [-0.05, 0) is 32.1 Å². The van der Waals surface area contributed by atoms with Gasteiger partial charge in [0, 0.05) is 6.54 Å². The summed E-state index contributed by atoms with van der Waals surface area (Å²) in [6.45, 7) is 8.25. The van der Waals surface area contributed by atoms with E-state index in [9.17, 15) is 19.5 Å². The molecule has 0 aromatic rings. The van der Waals surface area contributed by atoms with Crippen LogP contribution in [0.5, 0.6) is 0 Å². The monoisotopic (exact) mass is 424 g/mol. The van der Waals surface area contributed by atoms with Crippen molar-refractivity contribution in [2.24, 2.45) is 17.8 Å². The van der Waals surface area contributed by atoms with E-state index in [1.165, 1.54) is 4.90 Å². The second-order valence-electron chi connectivity index (χ2n) is 8.83. The van der Waals surface area contributed by atoms with Crippen molar-refractivity contribution in [3.8, 4) is 0 Å². The highest BCUT2D eigenvalue weighted by molar-refractivity contribution is 5.98. The molecule has 1 spiro atoms. The first-order valence-electron chi connectivity index (χ1n) is 11.4. The first-order chi connectivity index (χ1) is 14.4. The maximum absolute atomic E-state index is 13.7. The quantitative estimate of drug-likeness (QED) is 0.404. The molecule has 3 fully saturated rings. The lowest BCUT2D eigenvalue weighted by atomic mass is 9.70. The topological polar surface area (TPSA) is 105 Å². The zero-order valence-electron chi connectivity index (χ0n) is 18.6. The SMILES string of the molecule is CCCCNC(=O)C1N([C@@H](CO)[C@@H](C)CC)C(=O)[C@@H]2[C@@H](C(=O)OCC)[C@H]3CCC12O3. The normalized spacial score (nSPS) is 34.0. The molecule has 0 saturated carbocycles. The van der Waals surface area contributed by atoms with Crippen molar-refractivity contribution in [2.75, 3.05) is 19.8 Å². The van der Waals surface area contributed by atoms with Gasteiger partial charge in [-0.1, -0.05) is 33.6 Å². The van der Waals surface area contributed by atoms with E-state index >= 15 is 0 Å². The Kier molecular flexibility index (Phi) is 7.07. The maximum atomic E-state index is 13.7. The number of esters is 1. The van der Waals surface area contributed by atoms with E-state index in [-0.39, 0.29) is 30.9 Å². The Hall–Kier alpha value is -1.67. The fraction of sp³-hybridized carbons (Fsp3) is 0.864. The van der Waals surface area contributed by atoms with Crippen LogP contribution in [-0.2, 0) is 23.9 Å². The van der Waals surface area contributed by atoms with E-state index < -0.39 is 41.6 Å². The molecule has 3 saturated heterocycles. The standard InChI is InChI=1S/C22H36N2O6/c1-5-8-11-23-19(26)18-22-10-9-15(30-22)16(21(28)29-7-3)17(22)20(27)24(18)14(12-25)13(4)6-2/h13-18,25H,5-12H2,1-4H3,(H,23,26)/t13-,14-,15+,16-,17-,18?,22?/m0/s1. The summed E-state index contributed by atoms with van der Waals surface area (Å²) >= 11 is 0. The molecule has 3 aliphatic heterocycles. The Morgan fingerprint density at radius 3 is 2.70 bits per heavy atom. The Morgan fingerprint density at radius 1 is 1.37 bits per heavy atom. The lowest BCUT2D eigenvalue weighted by Gasteiger charge is -2.38. The van der Waals surface area contributed by atoms with E-state index in [0.29, 0.717) is 19.4 Å². The molecule has 3 aliphatic rings. The summed E-state index contributed by atoms with van der Waals surface area (Å²) in [5.41, 5.74) is -1.03. The summed E-state index contributed by atoms with van der Waals surface area (Å²) in [6.07, 6.45) is 3.30. The molecule has 0 aromatic heterocycles. The number of nitrogens with zero attached hydrogens (tertiary/aromatic N) is 1. The number of nitrogens with one attached hydrogen (secondary N) is 1. The number of carbonyl (C=O) groups is 3. The largest absolute Gasteiger partial charge is 0.466 e. The molecule has 30 heavy (non-hydrogen) atoms. The number of aliphatic hydroxyl groups excluding tert-OH is 1. The number of aliphatic hydroxyl groups is 1. The fourth-order valence-corrected chi connectivity index (χ4v) is 5.55. The smallest absolute Gasteiger partial charge is 0.312 e. The first kappa shape index (κ1) is 23.0. The molecule has 3 rings (SSSR count). The summed E-state index contributed by atoms with van der Waals surface area (Å²) in [4.78, 5) is 41.3. The molecule has 2 unspecified atom stereocenters. The fourth-order valence-electron chi connectivity index (χ4n) is 5.55. The Bertz CT molecular complexity index is 670. The van der Waals surface area contributed by atoms with Crippen LogP contribution >= 0.6 is 0 Å². The summed E-state index contributed by atoms with van der Waals surface area (Å²) in [6, 6.07) is -1.35. The molecule has 3 heterocycles. The lowest BCUT2D eigenvalue weighted by Crippen LogP contribution is -2.59. The number of amides is 2. The molecule has 2 bridgehead atoms. The summed E-state index contributed by atoms with van der Waals surface area (Å²) < 4.78 is 11.6. The average molecular weight is 425 g/mol. The van der Waals surface area contributed by atoms with Crippen LogP contribution in [0.4, 0.5) is 0 Å². The van der Waals surface area contributed by atoms with Gasteiger partial charge in [0.1, 0.15) is 11.6 Å². The molecule has 0 aliphatic carbocycles. The van der Waals surface area contributed by atoms with Crippen molar-refractivity contribution in [3.63, 3.8) is 0 Å². The second kappa shape index (κ2) is 9.22. The third-order valence-corrected chi connectivity index (χ3v) is 7.22. The molecule has 170 valence electrons. The summed E-state index contributed by atoms with van der Waals surface area (Å²) in [5.74, 6) is -2.40. The third kappa shape index (κ3) is 3.51. The van der Waals surface area contributed by atoms with Gasteiger partial charge in [0.05, 0.1) is 37.2 Å². The number of fused-ring (bicyclic) bond motifs is 1. The van der Waals surface area contributed by atoms with Crippen molar-refractivity contribution in [2.45, 2.75) is 83.6 Å². The minimum absolute atomic E-state index is 0.00152. The number of rotatable bonds is 10.